The van der Waals surface area contributed by atoms with Crippen LogP contribution in [0.25, 0.3) is 0 Å². The van der Waals surface area contributed by atoms with Gasteiger partial charge in [-0.25, -0.2) is 4.79 Å². The second-order valence-corrected chi connectivity index (χ2v) is 5.89. The first-order chi connectivity index (χ1) is 11.2. The highest BCUT2D eigenvalue weighted by atomic mass is 16.5. The number of nitrogens with zero attached hydrogens (tertiary/aromatic N) is 1. The van der Waals surface area contributed by atoms with Gasteiger partial charge in [0, 0.05) is 19.7 Å². The first-order valence-electron chi connectivity index (χ1n) is 7.89. The summed E-state index contributed by atoms with van der Waals surface area (Å²) in [6, 6.07) is 10.9. The lowest BCUT2D eigenvalue weighted by atomic mass is 10.1. The SMILES string of the molecule is O=C(O)c1ccc(CN(Cc2ccco2)CC2CCCO2)cc1. The predicted molar refractivity (Wildman–Crippen MR) is 85.2 cm³/mol. The number of aromatic carboxylic acids is 1. The number of hydrogen-bond acceptors (Lipinski definition) is 4. The van der Waals surface area contributed by atoms with Crippen molar-refractivity contribution >= 4 is 5.97 Å². The van der Waals surface area contributed by atoms with E-state index >= 15 is 0 Å². The summed E-state index contributed by atoms with van der Waals surface area (Å²) in [4.78, 5) is 13.2. The zero-order chi connectivity index (χ0) is 16.1. The van der Waals surface area contributed by atoms with Crippen LogP contribution in [0.5, 0.6) is 0 Å². The van der Waals surface area contributed by atoms with Crippen molar-refractivity contribution in [3.8, 4) is 0 Å². The molecule has 23 heavy (non-hydrogen) atoms. The van der Waals surface area contributed by atoms with Crippen LogP contribution in [0, 0.1) is 0 Å². The van der Waals surface area contributed by atoms with Crippen LogP contribution >= 0.6 is 0 Å². The molecule has 5 nitrogen and oxygen atoms in total. The number of ether oxygens (including phenoxy) is 1. The Balaban J connectivity index is 1.67. The molecule has 1 aromatic heterocycles. The average Bonchev–Trinajstić information content (AvgIpc) is 3.21. The monoisotopic (exact) mass is 315 g/mol. The third kappa shape index (κ3) is 4.43. The van der Waals surface area contributed by atoms with E-state index in [0.717, 1.165) is 43.9 Å². The maximum Gasteiger partial charge on any atom is 0.335 e. The third-order valence-electron chi connectivity index (χ3n) is 4.05. The molecule has 1 fully saturated rings. The van der Waals surface area contributed by atoms with Gasteiger partial charge in [0.25, 0.3) is 0 Å². The van der Waals surface area contributed by atoms with E-state index < -0.39 is 5.97 Å². The number of furan rings is 1. The maximum atomic E-state index is 10.9. The quantitative estimate of drug-likeness (QED) is 0.850. The largest absolute Gasteiger partial charge is 0.478 e. The van der Waals surface area contributed by atoms with Crippen molar-refractivity contribution in [1.29, 1.82) is 0 Å². The van der Waals surface area contributed by atoms with Crippen LogP contribution in [0.1, 0.15) is 34.5 Å². The van der Waals surface area contributed by atoms with E-state index in [4.69, 9.17) is 14.3 Å². The Morgan fingerprint density at radius 2 is 2.04 bits per heavy atom. The fourth-order valence-corrected chi connectivity index (χ4v) is 2.90. The summed E-state index contributed by atoms with van der Waals surface area (Å²) in [6.45, 7) is 3.14. The summed E-state index contributed by atoms with van der Waals surface area (Å²) in [6.07, 6.45) is 4.16. The molecule has 1 aromatic carbocycles. The van der Waals surface area contributed by atoms with Crippen molar-refractivity contribution in [1.82, 2.24) is 4.90 Å². The normalized spacial score (nSPS) is 17.7. The fraction of sp³-hybridized carbons (Fsp3) is 0.389. The van der Waals surface area contributed by atoms with Gasteiger partial charge in [-0.15, -0.1) is 0 Å². The summed E-state index contributed by atoms with van der Waals surface area (Å²) in [7, 11) is 0. The Labute approximate surface area is 135 Å². The molecule has 0 aliphatic carbocycles. The molecular weight excluding hydrogens is 294 g/mol. The van der Waals surface area contributed by atoms with Crippen molar-refractivity contribution in [3.05, 3.63) is 59.5 Å². The highest BCUT2D eigenvalue weighted by Gasteiger charge is 2.20. The van der Waals surface area contributed by atoms with Crippen LogP contribution in [-0.2, 0) is 17.8 Å². The zero-order valence-electron chi connectivity index (χ0n) is 13.0. The van der Waals surface area contributed by atoms with E-state index in [0.29, 0.717) is 12.1 Å². The lowest BCUT2D eigenvalue weighted by Gasteiger charge is -2.24. The van der Waals surface area contributed by atoms with Gasteiger partial charge < -0.3 is 14.3 Å². The van der Waals surface area contributed by atoms with Crippen molar-refractivity contribution in [2.24, 2.45) is 0 Å². The smallest absolute Gasteiger partial charge is 0.335 e. The topological polar surface area (TPSA) is 62.9 Å². The molecule has 5 heteroatoms. The third-order valence-corrected chi connectivity index (χ3v) is 4.05. The lowest BCUT2D eigenvalue weighted by molar-refractivity contribution is 0.0655. The summed E-state index contributed by atoms with van der Waals surface area (Å²) in [5.41, 5.74) is 1.39. The van der Waals surface area contributed by atoms with Gasteiger partial charge in [-0.2, -0.15) is 0 Å². The van der Waals surface area contributed by atoms with Crippen LogP contribution < -0.4 is 0 Å². The van der Waals surface area contributed by atoms with Gasteiger partial charge in [0.15, 0.2) is 0 Å². The van der Waals surface area contributed by atoms with Gasteiger partial charge in [-0.05, 0) is 42.7 Å². The number of benzene rings is 1. The van der Waals surface area contributed by atoms with Gasteiger partial charge in [0.1, 0.15) is 5.76 Å². The van der Waals surface area contributed by atoms with E-state index in [9.17, 15) is 4.79 Å². The summed E-state index contributed by atoms with van der Waals surface area (Å²) < 4.78 is 11.2. The van der Waals surface area contributed by atoms with Crippen LogP contribution in [0.3, 0.4) is 0 Å². The number of carbonyl (C=O) groups is 1. The molecule has 122 valence electrons. The number of hydrogen-bond donors (Lipinski definition) is 1. The van der Waals surface area contributed by atoms with Gasteiger partial charge in [-0.1, -0.05) is 12.1 Å². The first-order valence-corrected chi connectivity index (χ1v) is 7.89. The second-order valence-electron chi connectivity index (χ2n) is 5.89. The van der Waals surface area contributed by atoms with Crippen molar-refractivity contribution in [3.63, 3.8) is 0 Å². The Morgan fingerprint density at radius 1 is 1.22 bits per heavy atom. The molecule has 0 spiro atoms. The number of carboxylic acids is 1. The molecule has 1 atom stereocenters. The summed E-state index contributed by atoms with van der Waals surface area (Å²) >= 11 is 0. The van der Waals surface area contributed by atoms with E-state index in [1.807, 2.05) is 24.3 Å². The lowest BCUT2D eigenvalue weighted by Crippen LogP contribution is -2.31. The van der Waals surface area contributed by atoms with Crippen molar-refractivity contribution < 1.29 is 19.1 Å². The molecule has 0 amide bonds. The van der Waals surface area contributed by atoms with Crippen molar-refractivity contribution in [2.75, 3.05) is 13.2 Å². The fourth-order valence-electron chi connectivity index (χ4n) is 2.90. The molecule has 0 radical (unpaired) electrons. The van der Waals surface area contributed by atoms with E-state index in [1.165, 1.54) is 0 Å². The molecule has 3 rings (SSSR count). The molecule has 1 unspecified atom stereocenters. The Kier molecular flexibility index (Phi) is 5.10. The highest BCUT2D eigenvalue weighted by Crippen LogP contribution is 2.17. The molecular formula is C18H21NO4. The first kappa shape index (κ1) is 15.8. The Hall–Kier alpha value is -2.11. The van der Waals surface area contributed by atoms with Gasteiger partial charge in [0.05, 0.1) is 24.5 Å². The van der Waals surface area contributed by atoms with E-state index in [-0.39, 0.29) is 6.10 Å². The second kappa shape index (κ2) is 7.44. The molecule has 0 bridgehead atoms. The average molecular weight is 315 g/mol. The molecule has 0 saturated carbocycles. The number of carboxylic acid groups (broad SMARTS) is 1. The standard InChI is InChI=1S/C18H21NO4/c20-18(21)15-7-5-14(6-8-15)11-19(12-16-3-1-9-22-16)13-17-4-2-10-23-17/h1,3,5-9,17H,2,4,10-13H2,(H,20,21). The molecule has 2 heterocycles. The minimum atomic E-state index is -0.900. The zero-order valence-corrected chi connectivity index (χ0v) is 13.0. The van der Waals surface area contributed by atoms with Crippen LogP contribution in [-0.4, -0.2) is 35.2 Å². The van der Waals surface area contributed by atoms with Crippen LogP contribution in [0.2, 0.25) is 0 Å². The minimum absolute atomic E-state index is 0.267. The molecule has 1 aliphatic rings. The predicted octanol–water partition coefficient (Wildman–Crippen LogP) is 3.16. The number of rotatable bonds is 7. The maximum absolute atomic E-state index is 10.9. The molecule has 1 N–H and O–H groups in total. The Morgan fingerprint density at radius 3 is 2.65 bits per heavy atom. The van der Waals surface area contributed by atoms with Crippen LogP contribution in [0.15, 0.2) is 47.1 Å². The van der Waals surface area contributed by atoms with Crippen LogP contribution in [0.4, 0.5) is 0 Å². The molecule has 1 aliphatic heterocycles. The highest BCUT2D eigenvalue weighted by molar-refractivity contribution is 5.87. The van der Waals surface area contributed by atoms with Crippen molar-refractivity contribution in [2.45, 2.75) is 32.0 Å². The van der Waals surface area contributed by atoms with E-state index in [1.54, 1.807) is 18.4 Å². The molecule has 1 saturated heterocycles. The molecule has 2 aromatic rings. The van der Waals surface area contributed by atoms with Gasteiger partial charge >= 0.3 is 5.97 Å². The Bertz CT molecular complexity index is 615. The van der Waals surface area contributed by atoms with Gasteiger partial charge in [-0.3, -0.25) is 4.90 Å². The summed E-state index contributed by atoms with van der Waals surface area (Å²) in [5, 5.41) is 8.98. The van der Waals surface area contributed by atoms with E-state index in [2.05, 4.69) is 4.90 Å². The minimum Gasteiger partial charge on any atom is -0.478 e. The summed E-state index contributed by atoms with van der Waals surface area (Å²) in [5.74, 6) is 0.0218. The van der Waals surface area contributed by atoms with Gasteiger partial charge in [0.2, 0.25) is 0 Å².